The first kappa shape index (κ1) is 21.3. The fraction of sp³-hybridized carbons (Fsp3) is 0.462. The number of nitrogens with two attached hydrogens (primary N) is 1. The number of hydrogen-bond acceptors (Lipinski definition) is 2. The van der Waals surface area contributed by atoms with Gasteiger partial charge in [0.1, 0.15) is 5.78 Å². The molecule has 0 aromatic heterocycles. The fourth-order valence-corrected chi connectivity index (χ4v) is 4.34. The van der Waals surface area contributed by atoms with Gasteiger partial charge in [0.2, 0.25) is 5.91 Å². The number of Topliss-reactive ketones (excluding diaryl/α,β-unsaturated/α-hetero) is 1. The van der Waals surface area contributed by atoms with E-state index in [0.29, 0.717) is 5.78 Å². The number of aryl methyl sites for hydroxylation is 2. The third-order valence-electron chi connectivity index (χ3n) is 6.15. The molecular weight excluding hydrogens is 358 g/mol. The third-order valence-corrected chi connectivity index (χ3v) is 6.15. The number of carbonyl (C=O) groups excluding carboxylic acids is 2. The summed E-state index contributed by atoms with van der Waals surface area (Å²) >= 11 is 0. The van der Waals surface area contributed by atoms with E-state index in [2.05, 4.69) is 42.5 Å². The number of primary amides is 1. The summed E-state index contributed by atoms with van der Waals surface area (Å²) in [5.74, 6) is 0.147. The first-order valence-corrected chi connectivity index (χ1v) is 10.7. The predicted octanol–water partition coefficient (Wildman–Crippen LogP) is 5.13. The summed E-state index contributed by atoms with van der Waals surface area (Å²) in [7, 11) is 0. The van der Waals surface area contributed by atoms with Crippen molar-refractivity contribution < 1.29 is 9.59 Å². The number of fused-ring (bicyclic) bond motifs is 1. The lowest BCUT2D eigenvalue weighted by molar-refractivity contribution is -0.130. The minimum absolute atomic E-state index is 0.0501. The summed E-state index contributed by atoms with van der Waals surface area (Å²) in [6.45, 7) is 8.01. The lowest BCUT2D eigenvalue weighted by Crippen LogP contribution is -2.28. The Hall–Kier alpha value is -2.42. The quantitative estimate of drug-likeness (QED) is 0.742. The van der Waals surface area contributed by atoms with Gasteiger partial charge in [0.15, 0.2) is 0 Å². The molecule has 0 aliphatic heterocycles. The highest BCUT2D eigenvalue weighted by atomic mass is 16.1. The number of carbonyl (C=O) groups is 2. The molecule has 3 nitrogen and oxygen atoms in total. The normalized spacial score (nSPS) is 17.4. The van der Waals surface area contributed by atoms with Crippen LogP contribution in [0.2, 0.25) is 0 Å². The first-order valence-electron chi connectivity index (χ1n) is 10.7. The van der Waals surface area contributed by atoms with Crippen molar-refractivity contribution in [2.24, 2.45) is 23.0 Å². The minimum atomic E-state index is -0.285. The Bertz CT molecular complexity index is 907. The maximum absolute atomic E-state index is 12.5. The number of ketones is 1. The molecule has 154 valence electrons. The van der Waals surface area contributed by atoms with E-state index in [1.54, 1.807) is 0 Å². The monoisotopic (exact) mass is 391 g/mol. The van der Waals surface area contributed by atoms with E-state index < -0.39 is 0 Å². The summed E-state index contributed by atoms with van der Waals surface area (Å²) in [5, 5.41) is 0. The Morgan fingerprint density at radius 3 is 2.48 bits per heavy atom. The zero-order chi connectivity index (χ0) is 21.2. The van der Waals surface area contributed by atoms with Crippen molar-refractivity contribution in [3.05, 3.63) is 59.2 Å². The van der Waals surface area contributed by atoms with E-state index in [1.807, 2.05) is 27.7 Å². The SMILES string of the molecule is CC(CCc1cccc(-c2ccc3c(c2)CC(C(N)=O)CC3)c1)C(=O)C(C)(C)C. The van der Waals surface area contributed by atoms with Crippen LogP contribution in [0.4, 0.5) is 0 Å². The summed E-state index contributed by atoms with van der Waals surface area (Å²) in [4.78, 5) is 24.1. The fourth-order valence-electron chi connectivity index (χ4n) is 4.34. The van der Waals surface area contributed by atoms with E-state index in [4.69, 9.17) is 5.73 Å². The van der Waals surface area contributed by atoms with Crippen molar-refractivity contribution >= 4 is 11.7 Å². The van der Waals surface area contributed by atoms with Crippen molar-refractivity contribution in [2.45, 2.75) is 59.8 Å². The lowest BCUT2D eigenvalue weighted by Gasteiger charge is -2.23. The molecule has 1 amide bonds. The first-order chi connectivity index (χ1) is 13.6. The van der Waals surface area contributed by atoms with Crippen LogP contribution in [0.1, 0.15) is 57.2 Å². The van der Waals surface area contributed by atoms with E-state index in [1.165, 1.54) is 27.8 Å². The lowest BCUT2D eigenvalue weighted by atomic mass is 9.81. The van der Waals surface area contributed by atoms with E-state index in [0.717, 1.165) is 32.1 Å². The van der Waals surface area contributed by atoms with E-state index in [-0.39, 0.29) is 23.2 Å². The smallest absolute Gasteiger partial charge is 0.220 e. The summed E-state index contributed by atoms with van der Waals surface area (Å²) in [6.07, 6.45) is 4.27. The van der Waals surface area contributed by atoms with Gasteiger partial charge in [-0.1, -0.05) is 70.2 Å². The van der Waals surface area contributed by atoms with Crippen molar-refractivity contribution in [3.8, 4) is 11.1 Å². The van der Waals surface area contributed by atoms with Gasteiger partial charge < -0.3 is 5.73 Å². The number of amides is 1. The summed E-state index contributed by atoms with van der Waals surface area (Å²) < 4.78 is 0. The highest BCUT2D eigenvalue weighted by Crippen LogP contribution is 2.31. The molecule has 0 heterocycles. The number of hydrogen-bond donors (Lipinski definition) is 1. The molecule has 0 saturated carbocycles. The minimum Gasteiger partial charge on any atom is -0.369 e. The second-order valence-corrected chi connectivity index (χ2v) is 9.58. The van der Waals surface area contributed by atoms with Crippen LogP contribution in [0.3, 0.4) is 0 Å². The van der Waals surface area contributed by atoms with Gasteiger partial charge in [-0.3, -0.25) is 9.59 Å². The predicted molar refractivity (Wildman–Crippen MR) is 119 cm³/mol. The van der Waals surface area contributed by atoms with Crippen molar-refractivity contribution in [1.29, 1.82) is 0 Å². The van der Waals surface area contributed by atoms with Gasteiger partial charge in [0, 0.05) is 17.3 Å². The Labute approximate surface area is 174 Å². The highest BCUT2D eigenvalue weighted by molar-refractivity contribution is 5.85. The van der Waals surface area contributed by atoms with Crippen LogP contribution >= 0.6 is 0 Å². The van der Waals surface area contributed by atoms with Crippen molar-refractivity contribution in [2.75, 3.05) is 0 Å². The maximum Gasteiger partial charge on any atom is 0.220 e. The van der Waals surface area contributed by atoms with Gasteiger partial charge in [-0.2, -0.15) is 0 Å². The molecule has 29 heavy (non-hydrogen) atoms. The van der Waals surface area contributed by atoms with Crippen LogP contribution < -0.4 is 5.73 Å². The average Bonchev–Trinajstić information content (AvgIpc) is 2.70. The molecule has 3 rings (SSSR count). The standard InChI is InChI=1S/C26H33NO2/c1-17(24(28)26(2,3)4)8-9-18-6-5-7-20(14-18)21-12-10-19-11-13-22(25(27)29)16-23(19)15-21/h5-7,10,12,14-15,17,22H,8-9,11,13,16H2,1-4H3,(H2,27,29). The Morgan fingerprint density at radius 1 is 1.07 bits per heavy atom. The second kappa shape index (κ2) is 8.52. The van der Waals surface area contributed by atoms with Gasteiger partial charge in [0.25, 0.3) is 0 Å². The molecule has 0 bridgehead atoms. The molecular formula is C26H33NO2. The number of benzene rings is 2. The van der Waals surface area contributed by atoms with Crippen LogP contribution in [-0.4, -0.2) is 11.7 Å². The van der Waals surface area contributed by atoms with Gasteiger partial charge in [-0.15, -0.1) is 0 Å². The Balaban J connectivity index is 1.74. The molecule has 2 atom stereocenters. The Morgan fingerprint density at radius 2 is 1.79 bits per heavy atom. The molecule has 1 aliphatic rings. The molecule has 1 aliphatic carbocycles. The van der Waals surface area contributed by atoms with Gasteiger partial charge >= 0.3 is 0 Å². The molecule has 0 saturated heterocycles. The van der Waals surface area contributed by atoms with Crippen LogP contribution in [-0.2, 0) is 28.9 Å². The van der Waals surface area contributed by atoms with E-state index in [9.17, 15) is 9.59 Å². The molecule has 0 radical (unpaired) electrons. The molecule has 0 fully saturated rings. The zero-order valence-electron chi connectivity index (χ0n) is 18.1. The molecule has 2 aromatic rings. The highest BCUT2D eigenvalue weighted by Gasteiger charge is 2.26. The van der Waals surface area contributed by atoms with Crippen LogP contribution in [0, 0.1) is 17.3 Å². The largest absolute Gasteiger partial charge is 0.369 e. The van der Waals surface area contributed by atoms with Crippen molar-refractivity contribution in [3.63, 3.8) is 0 Å². The van der Waals surface area contributed by atoms with E-state index >= 15 is 0 Å². The van der Waals surface area contributed by atoms with Crippen LogP contribution in [0.5, 0.6) is 0 Å². The molecule has 3 heteroatoms. The maximum atomic E-state index is 12.5. The van der Waals surface area contributed by atoms with Gasteiger partial charge in [-0.25, -0.2) is 0 Å². The van der Waals surface area contributed by atoms with Crippen LogP contribution in [0.15, 0.2) is 42.5 Å². The molecule has 2 unspecified atom stereocenters. The summed E-state index contributed by atoms with van der Waals surface area (Å²) in [5.41, 5.74) is 11.4. The third kappa shape index (κ3) is 5.14. The topological polar surface area (TPSA) is 60.2 Å². The molecule has 2 N–H and O–H groups in total. The van der Waals surface area contributed by atoms with Gasteiger partial charge in [0.05, 0.1) is 0 Å². The zero-order valence-corrected chi connectivity index (χ0v) is 18.1. The second-order valence-electron chi connectivity index (χ2n) is 9.58. The molecule has 0 spiro atoms. The van der Waals surface area contributed by atoms with Crippen molar-refractivity contribution in [1.82, 2.24) is 0 Å². The number of rotatable bonds is 6. The molecule has 2 aromatic carbocycles. The van der Waals surface area contributed by atoms with Crippen LogP contribution in [0.25, 0.3) is 11.1 Å². The summed E-state index contributed by atoms with van der Waals surface area (Å²) in [6, 6.07) is 15.2. The Kier molecular flexibility index (Phi) is 6.26. The average molecular weight is 392 g/mol. The van der Waals surface area contributed by atoms with Gasteiger partial charge in [-0.05, 0) is 59.9 Å².